The molecule has 1 nitrogen and oxygen atoms in total. The van der Waals surface area contributed by atoms with E-state index in [0.717, 1.165) is 12.0 Å². The number of phenols is 1. The number of aromatic hydroxyl groups is 1. The van der Waals surface area contributed by atoms with Crippen molar-refractivity contribution in [2.75, 3.05) is 0 Å². The number of rotatable bonds is 12. The van der Waals surface area contributed by atoms with Gasteiger partial charge in [-0.2, -0.15) is 0 Å². The zero-order chi connectivity index (χ0) is 14.5. The molecule has 0 saturated heterocycles. The van der Waals surface area contributed by atoms with Crippen LogP contribution < -0.4 is 0 Å². The Bertz CT molecular complexity index is 348. The summed E-state index contributed by atoms with van der Waals surface area (Å²) in [6.07, 6.45) is 16.1. The first-order valence-corrected chi connectivity index (χ1v) is 8.61. The molecular weight excluding hydrogens is 269 g/mol. The van der Waals surface area contributed by atoms with Crippen molar-refractivity contribution in [3.05, 3.63) is 29.8 Å². The number of unbranched alkanes of at least 4 members (excludes halogenated alkanes) is 10. The Labute approximate surface area is 150 Å². The molecule has 0 heterocycles. The number of hydrogen-bond acceptors (Lipinski definition) is 1. The minimum absolute atomic E-state index is 0. The van der Waals surface area contributed by atoms with Crippen LogP contribution in [-0.2, 0) is 6.42 Å². The number of para-hydroxylation sites is 1. The number of phenolic OH excluding ortho intramolecular Hbond substituents is 1. The molecule has 118 valence electrons. The van der Waals surface area contributed by atoms with Crippen LogP contribution in [-0.4, -0.2) is 28.2 Å². The standard InChI is InChI=1S/C19H32O.Mg.2H/c1-2-3-4-5-6-7-8-9-10-11-12-15-18-16-13-14-17-19(18)20;;;/h13-14,16-17,20H,2-12,15H2,1H3;;;/q;+2;2*-1. The summed E-state index contributed by atoms with van der Waals surface area (Å²) in [6, 6.07) is 7.71. The van der Waals surface area contributed by atoms with Gasteiger partial charge in [0, 0.05) is 0 Å². The van der Waals surface area contributed by atoms with Crippen molar-refractivity contribution in [2.24, 2.45) is 0 Å². The summed E-state index contributed by atoms with van der Waals surface area (Å²) in [5.41, 5.74) is 1.10. The van der Waals surface area contributed by atoms with Crippen molar-refractivity contribution in [1.82, 2.24) is 0 Å². The quantitative estimate of drug-likeness (QED) is 0.366. The Morgan fingerprint density at radius 3 is 1.76 bits per heavy atom. The first-order valence-electron chi connectivity index (χ1n) is 8.61. The van der Waals surface area contributed by atoms with Crippen molar-refractivity contribution in [1.29, 1.82) is 0 Å². The van der Waals surface area contributed by atoms with Gasteiger partial charge in [0.15, 0.2) is 0 Å². The van der Waals surface area contributed by atoms with Gasteiger partial charge in [-0.05, 0) is 24.5 Å². The number of aryl methyl sites for hydroxylation is 1. The van der Waals surface area contributed by atoms with Crippen molar-refractivity contribution < 1.29 is 7.96 Å². The molecule has 0 aliphatic rings. The maximum Gasteiger partial charge on any atom is 2.00 e. The Hall–Kier alpha value is -0.214. The summed E-state index contributed by atoms with van der Waals surface area (Å²) >= 11 is 0. The molecular formula is C19H34MgO. The van der Waals surface area contributed by atoms with Gasteiger partial charge in [-0.25, -0.2) is 0 Å². The predicted molar refractivity (Wildman–Crippen MR) is 96.2 cm³/mol. The maximum absolute atomic E-state index is 9.67. The van der Waals surface area contributed by atoms with Crippen LogP contribution in [0.5, 0.6) is 5.75 Å². The molecule has 0 fully saturated rings. The molecule has 0 amide bonds. The molecule has 0 aliphatic heterocycles. The zero-order valence-corrected chi connectivity index (χ0v) is 15.4. The van der Waals surface area contributed by atoms with Crippen LogP contribution in [0.4, 0.5) is 0 Å². The van der Waals surface area contributed by atoms with Crippen LogP contribution in [0.2, 0.25) is 0 Å². The second-order valence-corrected chi connectivity index (χ2v) is 5.91. The van der Waals surface area contributed by atoms with Crippen molar-refractivity contribution in [3.63, 3.8) is 0 Å². The van der Waals surface area contributed by atoms with Gasteiger partial charge in [-0.3, -0.25) is 0 Å². The van der Waals surface area contributed by atoms with E-state index >= 15 is 0 Å². The van der Waals surface area contributed by atoms with Gasteiger partial charge in [-0.15, -0.1) is 0 Å². The molecule has 2 heteroatoms. The average Bonchev–Trinajstić information content (AvgIpc) is 2.46. The van der Waals surface area contributed by atoms with Crippen LogP contribution in [0, 0.1) is 0 Å². The van der Waals surface area contributed by atoms with Crippen LogP contribution in [0.15, 0.2) is 24.3 Å². The molecule has 0 atom stereocenters. The molecule has 0 unspecified atom stereocenters. The van der Waals surface area contributed by atoms with Gasteiger partial charge in [-0.1, -0.05) is 89.3 Å². The fourth-order valence-corrected chi connectivity index (χ4v) is 2.70. The second-order valence-electron chi connectivity index (χ2n) is 5.91. The van der Waals surface area contributed by atoms with Crippen molar-refractivity contribution in [2.45, 2.75) is 84.0 Å². The molecule has 1 rings (SSSR count). The topological polar surface area (TPSA) is 20.2 Å². The van der Waals surface area contributed by atoms with Crippen LogP contribution in [0.25, 0.3) is 0 Å². The normalized spacial score (nSPS) is 10.3. The van der Waals surface area contributed by atoms with E-state index < -0.39 is 0 Å². The molecule has 0 spiro atoms. The summed E-state index contributed by atoms with van der Waals surface area (Å²) in [4.78, 5) is 0. The van der Waals surface area contributed by atoms with Crippen molar-refractivity contribution >= 4 is 23.1 Å². The van der Waals surface area contributed by atoms with Crippen LogP contribution in [0.1, 0.15) is 86.0 Å². The fraction of sp³-hybridized carbons (Fsp3) is 0.684. The predicted octanol–water partition coefficient (Wildman–Crippen LogP) is 6.09. The van der Waals surface area contributed by atoms with Crippen LogP contribution >= 0.6 is 0 Å². The molecule has 21 heavy (non-hydrogen) atoms. The first kappa shape index (κ1) is 20.8. The molecule has 0 aromatic heterocycles. The summed E-state index contributed by atoms with van der Waals surface area (Å²) in [5.74, 6) is 0.458. The molecule has 0 saturated carbocycles. The Kier molecular flexibility index (Phi) is 14.6. The van der Waals surface area contributed by atoms with E-state index in [1.54, 1.807) is 6.07 Å². The maximum atomic E-state index is 9.67. The van der Waals surface area contributed by atoms with Gasteiger partial charge in [0.05, 0.1) is 0 Å². The molecule has 0 aliphatic carbocycles. The molecule has 1 aromatic carbocycles. The van der Waals surface area contributed by atoms with E-state index in [0.29, 0.717) is 5.75 Å². The van der Waals surface area contributed by atoms with Gasteiger partial charge < -0.3 is 7.96 Å². The fourth-order valence-electron chi connectivity index (χ4n) is 2.70. The summed E-state index contributed by atoms with van der Waals surface area (Å²) < 4.78 is 0. The largest absolute Gasteiger partial charge is 2.00 e. The summed E-state index contributed by atoms with van der Waals surface area (Å²) in [6.45, 7) is 2.27. The van der Waals surface area contributed by atoms with E-state index in [-0.39, 0.29) is 25.9 Å². The van der Waals surface area contributed by atoms with E-state index in [9.17, 15) is 5.11 Å². The minimum Gasteiger partial charge on any atom is -1.00 e. The minimum atomic E-state index is 0. The van der Waals surface area contributed by atoms with Gasteiger partial charge in [0.2, 0.25) is 0 Å². The summed E-state index contributed by atoms with van der Waals surface area (Å²) in [7, 11) is 0. The Morgan fingerprint density at radius 1 is 0.762 bits per heavy atom. The monoisotopic (exact) mass is 302 g/mol. The summed E-state index contributed by atoms with van der Waals surface area (Å²) in [5, 5.41) is 9.67. The third kappa shape index (κ3) is 11.1. The van der Waals surface area contributed by atoms with E-state index in [1.807, 2.05) is 18.2 Å². The molecule has 1 N–H and O–H groups in total. The van der Waals surface area contributed by atoms with E-state index in [1.165, 1.54) is 70.6 Å². The number of benzene rings is 1. The second kappa shape index (κ2) is 14.7. The third-order valence-corrected chi connectivity index (χ3v) is 4.04. The average molecular weight is 303 g/mol. The first-order chi connectivity index (χ1) is 9.84. The Balaban J connectivity index is -0.00000133. The smallest absolute Gasteiger partial charge is 1.00 e. The van der Waals surface area contributed by atoms with E-state index in [2.05, 4.69) is 6.92 Å². The van der Waals surface area contributed by atoms with Crippen molar-refractivity contribution in [3.8, 4) is 5.75 Å². The van der Waals surface area contributed by atoms with Gasteiger partial charge in [0.25, 0.3) is 0 Å². The molecule has 0 radical (unpaired) electrons. The third-order valence-electron chi connectivity index (χ3n) is 4.04. The zero-order valence-electron chi connectivity index (χ0n) is 15.9. The number of hydrogen-bond donors (Lipinski definition) is 1. The Morgan fingerprint density at radius 2 is 1.24 bits per heavy atom. The van der Waals surface area contributed by atoms with Crippen LogP contribution in [0.3, 0.4) is 0 Å². The van der Waals surface area contributed by atoms with Gasteiger partial charge in [0.1, 0.15) is 5.75 Å². The SMILES string of the molecule is CCCCCCCCCCCCCc1ccccc1O.[H-].[H-].[Mg+2]. The van der Waals surface area contributed by atoms with E-state index in [4.69, 9.17) is 0 Å². The molecule has 1 aromatic rings. The molecule has 0 bridgehead atoms. The van der Waals surface area contributed by atoms with Gasteiger partial charge >= 0.3 is 23.1 Å².